The zero-order valence-corrected chi connectivity index (χ0v) is 9.83. The first-order valence-electron chi connectivity index (χ1n) is 5.27. The van der Waals surface area contributed by atoms with E-state index in [1.54, 1.807) is 17.1 Å². The Morgan fingerprint density at radius 3 is 2.65 bits per heavy atom. The standard InChI is InChI=1S/C11H15N5O/c1-11(2,7-17)16-6-8(3-15-16)9-4-14-10(12)5-13-9/h3-6,17H,7H2,1-2H3,(H2,12,14). The molecule has 0 aromatic carbocycles. The Hall–Kier alpha value is -1.95. The Balaban J connectivity index is 2.33. The molecule has 6 nitrogen and oxygen atoms in total. The van der Waals surface area contributed by atoms with Gasteiger partial charge in [-0.05, 0) is 13.8 Å². The van der Waals surface area contributed by atoms with Crippen molar-refractivity contribution in [1.29, 1.82) is 0 Å². The van der Waals surface area contributed by atoms with Crippen LogP contribution in [0, 0.1) is 0 Å². The number of aliphatic hydroxyl groups is 1. The minimum absolute atomic E-state index is 0.0154. The molecule has 0 aliphatic rings. The first-order chi connectivity index (χ1) is 8.03. The van der Waals surface area contributed by atoms with Gasteiger partial charge in [-0.15, -0.1) is 0 Å². The molecule has 0 aliphatic heterocycles. The lowest BCUT2D eigenvalue weighted by molar-refractivity contribution is 0.152. The molecule has 0 atom stereocenters. The van der Waals surface area contributed by atoms with Crippen LogP contribution < -0.4 is 5.73 Å². The molecule has 0 spiro atoms. The van der Waals surface area contributed by atoms with E-state index in [-0.39, 0.29) is 6.61 Å². The van der Waals surface area contributed by atoms with Gasteiger partial charge in [0.25, 0.3) is 0 Å². The molecule has 0 saturated carbocycles. The summed E-state index contributed by atoms with van der Waals surface area (Å²) in [6.07, 6.45) is 6.63. The second-order valence-corrected chi connectivity index (χ2v) is 4.47. The predicted octanol–water partition coefficient (Wildman–Crippen LogP) is 0.650. The van der Waals surface area contributed by atoms with Crippen LogP contribution in [0.15, 0.2) is 24.8 Å². The molecular weight excluding hydrogens is 218 g/mol. The summed E-state index contributed by atoms with van der Waals surface area (Å²) in [7, 11) is 0. The van der Waals surface area contributed by atoms with Gasteiger partial charge in [0, 0.05) is 11.8 Å². The van der Waals surface area contributed by atoms with E-state index in [0.717, 1.165) is 5.56 Å². The van der Waals surface area contributed by atoms with E-state index in [4.69, 9.17) is 5.73 Å². The van der Waals surface area contributed by atoms with Gasteiger partial charge >= 0.3 is 0 Å². The largest absolute Gasteiger partial charge is 0.394 e. The van der Waals surface area contributed by atoms with Crippen molar-refractivity contribution in [1.82, 2.24) is 19.7 Å². The summed E-state index contributed by atoms with van der Waals surface area (Å²) in [6.45, 7) is 3.82. The minimum atomic E-state index is -0.431. The molecule has 0 bridgehead atoms. The van der Waals surface area contributed by atoms with Crippen LogP contribution in [0.25, 0.3) is 11.3 Å². The average Bonchev–Trinajstić information content (AvgIpc) is 2.80. The number of aromatic nitrogens is 4. The summed E-state index contributed by atoms with van der Waals surface area (Å²) in [5, 5.41) is 13.5. The number of anilines is 1. The number of nitrogens with zero attached hydrogens (tertiary/aromatic N) is 4. The number of rotatable bonds is 3. The lowest BCUT2D eigenvalue weighted by atomic mass is 10.1. The summed E-state index contributed by atoms with van der Waals surface area (Å²) in [5.74, 6) is 0.386. The van der Waals surface area contributed by atoms with Crippen molar-refractivity contribution >= 4 is 5.82 Å². The lowest BCUT2D eigenvalue weighted by Crippen LogP contribution is -2.30. The van der Waals surface area contributed by atoms with Crippen LogP contribution >= 0.6 is 0 Å². The molecule has 2 heterocycles. The second kappa shape index (κ2) is 4.14. The molecule has 2 aromatic rings. The molecule has 0 radical (unpaired) electrons. The Bertz CT molecular complexity index is 503. The van der Waals surface area contributed by atoms with Crippen molar-refractivity contribution in [2.24, 2.45) is 0 Å². The molecule has 90 valence electrons. The number of aliphatic hydroxyl groups excluding tert-OH is 1. The van der Waals surface area contributed by atoms with E-state index in [9.17, 15) is 5.11 Å². The molecule has 6 heteroatoms. The van der Waals surface area contributed by atoms with Crippen LogP contribution in [0.4, 0.5) is 5.82 Å². The highest BCUT2D eigenvalue weighted by atomic mass is 16.3. The normalized spacial score (nSPS) is 11.7. The highest BCUT2D eigenvalue weighted by Gasteiger charge is 2.20. The summed E-state index contributed by atoms with van der Waals surface area (Å²) < 4.78 is 1.71. The first-order valence-corrected chi connectivity index (χ1v) is 5.27. The van der Waals surface area contributed by atoms with E-state index < -0.39 is 5.54 Å². The second-order valence-electron chi connectivity index (χ2n) is 4.47. The molecule has 2 rings (SSSR count). The average molecular weight is 233 g/mol. The molecule has 3 N–H and O–H groups in total. The molecule has 17 heavy (non-hydrogen) atoms. The van der Waals surface area contributed by atoms with E-state index >= 15 is 0 Å². The van der Waals surface area contributed by atoms with Gasteiger partial charge in [-0.2, -0.15) is 5.10 Å². The van der Waals surface area contributed by atoms with Crippen LogP contribution in [0.2, 0.25) is 0 Å². The molecule has 2 aromatic heterocycles. The van der Waals surface area contributed by atoms with Gasteiger partial charge in [0.1, 0.15) is 5.82 Å². The maximum atomic E-state index is 9.26. The van der Waals surface area contributed by atoms with E-state index in [1.165, 1.54) is 6.20 Å². The summed E-state index contributed by atoms with van der Waals surface area (Å²) in [4.78, 5) is 8.14. The van der Waals surface area contributed by atoms with E-state index in [1.807, 2.05) is 20.0 Å². The Labute approximate surface area is 99.1 Å². The smallest absolute Gasteiger partial charge is 0.141 e. The summed E-state index contributed by atoms with van der Waals surface area (Å²) >= 11 is 0. The number of nitrogens with two attached hydrogens (primary N) is 1. The van der Waals surface area contributed by atoms with Gasteiger partial charge in [0.2, 0.25) is 0 Å². The van der Waals surface area contributed by atoms with Crippen molar-refractivity contribution in [2.75, 3.05) is 12.3 Å². The fourth-order valence-electron chi connectivity index (χ4n) is 1.35. The lowest BCUT2D eigenvalue weighted by Gasteiger charge is -2.21. The zero-order chi connectivity index (χ0) is 12.5. The van der Waals surface area contributed by atoms with Crippen LogP contribution in [0.5, 0.6) is 0 Å². The molecular formula is C11H15N5O. The van der Waals surface area contributed by atoms with Gasteiger partial charge < -0.3 is 10.8 Å². The topological polar surface area (TPSA) is 89.8 Å². The van der Waals surface area contributed by atoms with Gasteiger partial charge in [-0.1, -0.05) is 0 Å². The maximum Gasteiger partial charge on any atom is 0.141 e. The molecule has 0 saturated heterocycles. The Morgan fingerprint density at radius 2 is 2.06 bits per heavy atom. The molecule has 0 unspecified atom stereocenters. The Morgan fingerprint density at radius 1 is 1.29 bits per heavy atom. The number of hydrogen-bond donors (Lipinski definition) is 2. The highest BCUT2D eigenvalue weighted by molar-refractivity contribution is 5.56. The monoisotopic (exact) mass is 233 g/mol. The fraction of sp³-hybridized carbons (Fsp3) is 0.364. The first kappa shape index (κ1) is 11.5. The van der Waals surface area contributed by atoms with Gasteiger partial charge in [-0.25, -0.2) is 4.98 Å². The molecule has 0 amide bonds. The van der Waals surface area contributed by atoms with Crippen molar-refractivity contribution in [3.8, 4) is 11.3 Å². The fourth-order valence-corrected chi connectivity index (χ4v) is 1.35. The SMILES string of the molecule is CC(C)(CO)n1cc(-c2cnc(N)cn2)cn1. The van der Waals surface area contributed by atoms with Gasteiger partial charge in [0.05, 0.1) is 36.4 Å². The van der Waals surface area contributed by atoms with Crippen molar-refractivity contribution in [3.05, 3.63) is 24.8 Å². The third kappa shape index (κ3) is 2.26. The van der Waals surface area contributed by atoms with Crippen LogP contribution in [-0.4, -0.2) is 31.5 Å². The Kier molecular flexibility index (Phi) is 2.81. The molecule has 0 fully saturated rings. The summed E-state index contributed by atoms with van der Waals surface area (Å²) in [6, 6.07) is 0. The molecule has 0 aliphatic carbocycles. The number of nitrogen functional groups attached to an aromatic ring is 1. The highest BCUT2D eigenvalue weighted by Crippen LogP contribution is 2.19. The minimum Gasteiger partial charge on any atom is -0.394 e. The van der Waals surface area contributed by atoms with Gasteiger partial charge in [-0.3, -0.25) is 9.67 Å². The third-order valence-electron chi connectivity index (χ3n) is 2.56. The van der Waals surface area contributed by atoms with Crippen LogP contribution in [0.1, 0.15) is 13.8 Å². The van der Waals surface area contributed by atoms with E-state index in [2.05, 4.69) is 15.1 Å². The van der Waals surface area contributed by atoms with E-state index in [0.29, 0.717) is 11.5 Å². The van der Waals surface area contributed by atoms with Crippen LogP contribution in [-0.2, 0) is 5.54 Å². The van der Waals surface area contributed by atoms with Crippen LogP contribution in [0.3, 0.4) is 0 Å². The third-order valence-corrected chi connectivity index (χ3v) is 2.56. The van der Waals surface area contributed by atoms with Crippen molar-refractivity contribution in [3.63, 3.8) is 0 Å². The van der Waals surface area contributed by atoms with Crippen molar-refractivity contribution in [2.45, 2.75) is 19.4 Å². The number of hydrogen-bond acceptors (Lipinski definition) is 5. The summed E-state index contributed by atoms with van der Waals surface area (Å²) in [5.41, 5.74) is 6.60. The maximum absolute atomic E-state index is 9.26. The van der Waals surface area contributed by atoms with Crippen molar-refractivity contribution < 1.29 is 5.11 Å². The predicted molar refractivity (Wildman–Crippen MR) is 64.1 cm³/mol. The zero-order valence-electron chi connectivity index (χ0n) is 9.83. The van der Waals surface area contributed by atoms with Gasteiger partial charge in [0.15, 0.2) is 0 Å². The quantitative estimate of drug-likeness (QED) is 0.812.